The third-order valence-corrected chi connectivity index (χ3v) is 3.80. The van der Waals surface area contributed by atoms with Gasteiger partial charge in [-0.15, -0.1) is 0 Å². The Morgan fingerprint density at radius 1 is 1.47 bits per heavy atom. The number of carbonyl (C=O) groups excluding carboxylic acids is 1. The van der Waals surface area contributed by atoms with E-state index >= 15 is 0 Å². The van der Waals surface area contributed by atoms with Crippen LogP contribution in [-0.2, 0) is 9.53 Å². The summed E-state index contributed by atoms with van der Waals surface area (Å²) >= 11 is 8.07. The fraction of sp³-hybridized carbons (Fsp3) is 0.455. The minimum atomic E-state index is -0.442. The second-order valence-corrected chi connectivity index (χ2v) is 7.05. The Bertz CT molecular complexity index is 418. The van der Waals surface area contributed by atoms with E-state index in [4.69, 9.17) is 4.74 Å². The summed E-state index contributed by atoms with van der Waals surface area (Å²) in [7, 11) is 0. The zero-order valence-electron chi connectivity index (χ0n) is 9.79. The largest absolute Gasteiger partial charge is 0.459 e. The van der Waals surface area contributed by atoms with Gasteiger partial charge in [0.25, 0.3) is 0 Å². The number of esters is 1. The van der Waals surface area contributed by atoms with Crippen LogP contribution in [0.4, 0.5) is 0 Å². The molecule has 0 fully saturated rings. The van der Waals surface area contributed by atoms with Gasteiger partial charge in [-0.05, 0) is 58.7 Å². The predicted octanol–water partition coefficient (Wildman–Crippen LogP) is 4.04. The van der Waals surface area contributed by atoms with E-state index in [-0.39, 0.29) is 11.7 Å². The van der Waals surface area contributed by atoms with Gasteiger partial charge in [-0.3, -0.25) is 4.79 Å². The van der Waals surface area contributed by atoms with Crippen LogP contribution in [0.25, 0.3) is 0 Å². The highest BCUT2D eigenvalue weighted by atomic mass is 79.9. The van der Waals surface area contributed by atoms with Crippen molar-refractivity contribution in [2.24, 2.45) is 0 Å². The van der Waals surface area contributed by atoms with Crippen LogP contribution in [-0.4, -0.2) is 22.3 Å². The second-order valence-electron chi connectivity index (χ2n) is 4.32. The van der Waals surface area contributed by atoms with Crippen LogP contribution < -0.4 is 0 Å². The molecule has 0 saturated carbocycles. The molecule has 0 aliphatic carbocycles. The molecule has 1 aromatic rings. The topological polar surface area (TPSA) is 39.2 Å². The van der Waals surface area contributed by atoms with E-state index in [0.717, 1.165) is 14.0 Å². The van der Waals surface area contributed by atoms with Crippen LogP contribution >= 0.6 is 43.6 Å². The summed E-state index contributed by atoms with van der Waals surface area (Å²) < 4.78 is 6.97. The number of nitrogens with zero attached hydrogens (tertiary/aromatic N) is 1. The van der Waals surface area contributed by atoms with Gasteiger partial charge in [0, 0.05) is 10.7 Å². The number of pyridine rings is 1. The normalized spacial score (nSPS) is 11.4. The summed E-state index contributed by atoms with van der Waals surface area (Å²) in [5, 5.41) is 0.777. The van der Waals surface area contributed by atoms with Crippen molar-refractivity contribution in [1.29, 1.82) is 0 Å². The molecule has 6 heteroatoms. The highest BCUT2D eigenvalue weighted by molar-refractivity contribution is 9.11. The lowest BCUT2D eigenvalue weighted by Gasteiger charge is -2.19. The van der Waals surface area contributed by atoms with Crippen molar-refractivity contribution < 1.29 is 9.53 Å². The smallest absolute Gasteiger partial charge is 0.316 e. The summed E-state index contributed by atoms with van der Waals surface area (Å²) in [5.74, 6) is 0.0175. The van der Waals surface area contributed by atoms with E-state index in [1.54, 1.807) is 6.20 Å². The number of hydrogen-bond acceptors (Lipinski definition) is 4. The number of aromatic nitrogens is 1. The molecule has 0 aromatic carbocycles. The maximum Gasteiger partial charge on any atom is 0.316 e. The third kappa shape index (κ3) is 5.88. The molecule has 0 radical (unpaired) electrons. The monoisotopic (exact) mass is 381 g/mol. The van der Waals surface area contributed by atoms with Crippen molar-refractivity contribution in [2.75, 3.05) is 5.75 Å². The molecule has 0 saturated heterocycles. The van der Waals surface area contributed by atoms with Gasteiger partial charge >= 0.3 is 5.97 Å². The van der Waals surface area contributed by atoms with E-state index in [9.17, 15) is 4.79 Å². The molecule has 17 heavy (non-hydrogen) atoms. The number of ether oxygens (including phenoxy) is 1. The van der Waals surface area contributed by atoms with Crippen molar-refractivity contribution in [3.63, 3.8) is 0 Å². The molecule has 3 nitrogen and oxygen atoms in total. The first kappa shape index (κ1) is 15.0. The first-order chi connectivity index (χ1) is 7.78. The minimum absolute atomic E-state index is 0.237. The summed E-state index contributed by atoms with van der Waals surface area (Å²) in [5.41, 5.74) is -0.442. The van der Waals surface area contributed by atoms with Crippen molar-refractivity contribution in [3.05, 3.63) is 21.2 Å². The van der Waals surface area contributed by atoms with Gasteiger partial charge in [0.15, 0.2) is 0 Å². The molecular weight excluding hydrogens is 370 g/mol. The number of thioether (sulfide) groups is 1. The van der Waals surface area contributed by atoms with Crippen LogP contribution in [0.1, 0.15) is 20.8 Å². The molecule has 0 spiro atoms. The average molecular weight is 383 g/mol. The highest BCUT2D eigenvalue weighted by Gasteiger charge is 2.16. The highest BCUT2D eigenvalue weighted by Crippen LogP contribution is 2.27. The van der Waals surface area contributed by atoms with E-state index in [1.165, 1.54) is 11.8 Å². The summed E-state index contributed by atoms with van der Waals surface area (Å²) in [6.45, 7) is 5.55. The maximum atomic E-state index is 11.5. The van der Waals surface area contributed by atoms with E-state index in [1.807, 2.05) is 26.8 Å². The fourth-order valence-corrected chi connectivity index (χ4v) is 2.97. The lowest BCUT2D eigenvalue weighted by molar-refractivity contribution is -0.151. The Kier molecular flexibility index (Phi) is 5.47. The lowest BCUT2D eigenvalue weighted by Crippen LogP contribution is -2.24. The molecule has 0 amide bonds. The summed E-state index contributed by atoms with van der Waals surface area (Å²) in [6, 6.07) is 1.89. The molecule has 1 rings (SSSR count). The van der Waals surface area contributed by atoms with Crippen molar-refractivity contribution >= 4 is 49.6 Å². The minimum Gasteiger partial charge on any atom is -0.459 e. The Balaban J connectivity index is 2.53. The van der Waals surface area contributed by atoms with Gasteiger partial charge in [-0.25, -0.2) is 4.98 Å². The van der Waals surface area contributed by atoms with Gasteiger partial charge in [0.05, 0.1) is 10.2 Å². The Hall–Kier alpha value is -0.0700. The van der Waals surface area contributed by atoms with E-state index in [0.29, 0.717) is 0 Å². The number of halogens is 2. The lowest BCUT2D eigenvalue weighted by atomic mass is 10.2. The fourth-order valence-electron chi connectivity index (χ4n) is 1.01. The van der Waals surface area contributed by atoms with Gasteiger partial charge < -0.3 is 4.74 Å². The van der Waals surface area contributed by atoms with Crippen LogP contribution in [0.15, 0.2) is 26.2 Å². The van der Waals surface area contributed by atoms with Crippen LogP contribution in [0.5, 0.6) is 0 Å². The molecule has 0 aliphatic heterocycles. The first-order valence-corrected chi connectivity index (χ1v) is 7.51. The zero-order chi connectivity index (χ0) is 13.1. The molecule has 1 aromatic heterocycles. The maximum absolute atomic E-state index is 11.5. The van der Waals surface area contributed by atoms with E-state index < -0.39 is 5.60 Å². The van der Waals surface area contributed by atoms with Crippen molar-refractivity contribution in [3.8, 4) is 0 Å². The van der Waals surface area contributed by atoms with Crippen LogP contribution in [0, 0.1) is 0 Å². The SMILES string of the molecule is CC(C)(C)OC(=O)CSc1ncc(Br)cc1Br. The Morgan fingerprint density at radius 3 is 2.65 bits per heavy atom. The van der Waals surface area contributed by atoms with Gasteiger partial charge in [-0.1, -0.05) is 11.8 Å². The second kappa shape index (κ2) is 6.20. The van der Waals surface area contributed by atoms with Crippen molar-refractivity contribution in [1.82, 2.24) is 4.98 Å². The van der Waals surface area contributed by atoms with Crippen LogP contribution in [0.3, 0.4) is 0 Å². The molecular formula is C11H13Br2NO2S. The Labute approximate surface area is 122 Å². The molecule has 0 aliphatic rings. The van der Waals surface area contributed by atoms with Crippen molar-refractivity contribution in [2.45, 2.75) is 31.4 Å². The summed E-state index contributed by atoms with van der Waals surface area (Å²) in [6.07, 6.45) is 1.70. The third-order valence-electron chi connectivity index (χ3n) is 1.52. The standard InChI is InChI=1S/C11H13Br2NO2S/c1-11(2,3)16-9(15)6-17-10-8(13)4-7(12)5-14-10/h4-5H,6H2,1-3H3. The summed E-state index contributed by atoms with van der Waals surface area (Å²) in [4.78, 5) is 15.7. The predicted molar refractivity (Wildman–Crippen MR) is 76.2 cm³/mol. The zero-order valence-corrected chi connectivity index (χ0v) is 13.8. The van der Waals surface area contributed by atoms with E-state index in [2.05, 4.69) is 36.8 Å². The molecule has 0 atom stereocenters. The number of hydrogen-bond donors (Lipinski definition) is 0. The molecule has 1 heterocycles. The van der Waals surface area contributed by atoms with Crippen LogP contribution in [0.2, 0.25) is 0 Å². The Morgan fingerprint density at radius 2 is 2.12 bits per heavy atom. The van der Waals surface area contributed by atoms with Gasteiger partial charge in [0.2, 0.25) is 0 Å². The quantitative estimate of drug-likeness (QED) is 0.584. The molecule has 0 unspecified atom stereocenters. The van der Waals surface area contributed by atoms with Gasteiger partial charge in [0.1, 0.15) is 10.6 Å². The number of carbonyl (C=O) groups is 1. The first-order valence-electron chi connectivity index (χ1n) is 4.93. The molecule has 94 valence electrons. The average Bonchev–Trinajstić information content (AvgIpc) is 2.13. The molecule has 0 N–H and O–H groups in total. The number of rotatable bonds is 3. The van der Waals surface area contributed by atoms with Gasteiger partial charge in [-0.2, -0.15) is 0 Å². The molecule has 0 bridgehead atoms.